The van der Waals surface area contributed by atoms with Crippen molar-refractivity contribution in [3.8, 4) is 0 Å². The van der Waals surface area contributed by atoms with Gasteiger partial charge in [-0.15, -0.1) is 0 Å². The van der Waals surface area contributed by atoms with Crippen molar-refractivity contribution in [3.63, 3.8) is 0 Å². The third-order valence-corrected chi connectivity index (χ3v) is 7.35. The zero-order valence-corrected chi connectivity index (χ0v) is 22.6. The average molecular weight is 551 g/mol. The standard InChI is InChI=1S/C28H34N6O4S/c1-31-24-10-6-5-9-23(24)19-39(37,38)34-25(16-13-20-7-3-2-4-8-20)28(36)33-18-26(35)32-17-21-11-14-22(15-12-21)27(29)30/h2-12,14-15,25,31,34H,13,16-19H2,1H3,(H3,29,30)(H,32,35)(H,33,36)/t25-/m1/s1. The third kappa shape index (κ3) is 9.55. The lowest BCUT2D eigenvalue weighted by atomic mass is 10.1. The average Bonchev–Trinajstić information content (AvgIpc) is 2.93. The number of sulfonamides is 1. The lowest BCUT2D eigenvalue weighted by Gasteiger charge is -2.19. The number of nitrogen functional groups attached to an aromatic ring is 1. The third-order valence-electron chi connectivity index (χ3n) is 6.01. The highest BCUT2D eigenvalue weighted by Gasteiger charge is 2.25. The van der Waals surface area contributed by atoms with Gasteiger partial charge in [-0.05, 0) is 35.6 Å². The minimum absolute atomic E-state index is 0.0445. The van der Waals surface area contributed by atoms with E-state index >= 15 is 0 Å². The Morgan fingerprint density at radius 1 is 0.897 bits per heavy atom. The number of nitrogens with one attached hydrogen (secondary N) is 5. The molecule has 206 valence electrons. The zero-order valence-electron chi connectivity index (χ0n) is 21.7. The van der Waals surface area contributed by atoms with Crippen LogP contribution in [0, 0.1) is 5.41 Å². The summed E-state index contributed by atoms with van der Waals surface area (Å²) in [4.78, 5) is 25.4. The molecule has 3 aromatic carbocycles. The Morgan fingerprint density at radius 3 is 2.23 bits per heavy atom. The summed E-state index contributed by atoms with van der Waals surface area (Å²) in [6.07, 6.45) is 0.684. The first-order valence-electron chi connectivity index (χ1n) is 12.4. The summed E-state index contributed by atoms with van der Waals surface area (Å²) < 4.78 is 28.6. The maximum Gasteiger partial charge on any atom is 0.239 e. The number of hydrogen-bond acceptors (Lipinski definition) is 6. The molecule has 10 nitrogen and oxygen atoms in total. The molecule has 2 amide bonds. The molecule has 11 heteroatoms. The molecule has 3 rings (SSSR count). The van der Waals surface area contributed by atoms with E-state index in [-0.39, 0.29) is 31.1 Å². The Labute approximate surface area is 229 Å². The monoisotopic (exact) mass is 550 g/mol. The van der Waals surface area contributed by atoms with Gasteiger partial charge in [0.25, 0.3) is 0 Å². The largest absolute Gasteiger partial charge is 0.388 e. The van der Waals surface area contributed by atoms with E-state index in [2.05, 4.69) is 20.7 Å². The van der Waals surface area contributed by atoms with Gasteiger partial charge < -0.3 is 21.7 Å². The summed E-state index contributed by atoms with van der Waals surface area (Å²) in [6, 6.07) is 22.3. The molecular formula is C28H34N6O4S. The molecule has 1 atom stereocenters. The van der Waals surface area contributed by atoms with Gasteiger partial charge in [0.05, 0.1) is 12.3 Å². The molecule has 0 saturated heterocycles. The highest BCUT2D eigenvalue weighted by Crippen LogP contribution is 2.17. The molecule has 0 bridgehead atoms. The fraction of sp³-hybridized carbons (Fsp3) is 0.250. The summed E-state index contributed by atoms with van der Waals surface area (Å²) in [5.41, 5.74) is 9.05. The minimum atomic E-state index is -3.89. The molecule has 0 aliphatic rings. The van der Waals surface area contributed by atoms with E-state index in [1.54, 1.807) is 55.6 Å². The van der Waals surface area contributed by atoms with Crippen molar-refractivity contribution < 1.29 is 18.0 Å². The molecule has 0 heterocycles. The van der Waals surface area contributed by atoms with Crippen molar-refractivity contribution in [2.45, 2.75) is 31.2 Å². The van der Waals surface area contributed by atoms with Gasteiger partial charge >= 0.3 is 0 Å². The topological polar surface area (TPSA) is 166 Å². The molecule has 0 saturated carbocycles. The van der Waals surface area contributed by atoms with Crippen LogP contribution in [0.25, 0.3) is 0 Å². The van der Waals surface area contributed by atoms with E-state index in [0.29, 0.717) is 23.2 Å². The number of nitrogens with two attached hydrogens (primary N) is 1. The summed E-state index contributed by atoms with van der Waals surface area (Å²) in [5.74, 6) is -1.36. The summed E-state index contributed by atoms with van der Waals surface area (Å²) in [7, 11) is -2.18. The number of amidine groups is 1. The van der Waals surface area contributed by atoms with Crippen LogP contribution in [-0.2, 0) is 38.3 Å². The number of benzene rings is 3. The Hall–Kier alpha value is -4.22. The van der Waals surface area contributed by atoms with Crippen LogP contribution in [-0.4, -0.2) is 45.7 Å². The van der Waals surface area contributed by atoms with Crippen molar-refractivity contribution in [2.75, 3.05) is 18.9 Å². The van der Waals surface area contributed by atoms with Gasteiger partial charge in [0.1, 0.15) is 11.9 Å². The number of para-hydroxylation sites is 1. The molecule has 0 aliphatic heterocycles. The highest BCUT2D eigenvalue weighted by atomic mass is 32.2. The number of carbonyl (C=O) groups is 2. The van der Waals surface area contributed by atoms with Gasteiger partial charge in [-0.3, -0.25) is 15.0 Å². The first kappa shape index (κ1) is 29.3. The van der Waals surface area contributed by atoms with E-state index in [1.807, 2.05) is 30.3 Å². The van der Waals surface area contributed by atoms with Crippen molar-refractivity contribution >= 4 is 33.4 Å². The molecule has 39 heavy (non-hydrogen) atoms. The molecule has 7 N–H and O–H groups in total. The lowest BCUT2D eigenvalue weighted by molar-refractivity contribution is -0.127. The number of carbonyl (C=O) groups excluding carboxylic acids is 2. The van der Waals surface area contributed by atoms with Gasteiger partial charge in [-0.2, -0.15) is 0 Å². The Bertz CT molecular complexity index is 1380. The van der Waals surface area contributed by atoms with Crippen LogP contribution in [0.3, 0.4) is 0 Å². The van der Waals surface area contributed by atoms with Crippen LogP contribution in [0.2, 0.25) is 0 Å². The zero-order chi connectivity index (χ0) is 28.3. The molecule has 0 radical (unpaired) electrons. The second-order valence-electron chi connectivity index (χ2n) is 8.97. The Kier molecular flexibility index (Phi) is 10.6. The Balaban J connectivity index is 1.61. The van der Waals surface area contributed by atoms with Gasteiger partial charge in [0.2, 0.25) is 21.8 Å². The quantitative estimate of drug-likeness (QED) is 0.132. The molecule has 0 fully saturated rings. The summed E-state index contributed by atoms with van der Waals surface area (Å²) in [6.45, 7) is -0.0850. The van der Waals surface area contributed by atoms with Gasteiger partial charge in [-0.25, -0.2) is 13.1 Å². The van der Waals surface area contributed by atoms with E-state index in [1.165, 1.54) is 0 Å². The normalized spacial score (nSPS) is 11.8. The molecule has 3 aromatic rings. The molecule has 0 unspecified atom stereocenters. The molecular weight excluding hydrogens is 516 g/mol. The van der Waals surface area contributed by atoms with Crippen LogP contribution in [0.4, 0.5) is 5.69 Å². The number of aryl methyl sites for hydroxylation is 1. The summed E-state index contributed by atoms with van der Waals surface area (Å²) in [5, 5.41) is 15.7. The second-order valence-corrected chi connectivity index (χ2v) is 10.7. The van der Waals surface area contributed by atoms with E-state index in [9.17, 15) is 18.0 Å². The van der Waals surface area contributed by atoms with Crippen molar-refractivity contribution in [2.24, 2.45) is 5.73 Å². The molecule has 0 aromatic heterocycles. The second kappa shape index (κ2) is 14.1. The predicted molar refractivity (Wildman–Crippen MR) is 153 cm³/mol. The number of anilines is 1. The fourth-order valence-corrected chi connectivity index (χ4v) is 5.31. The molecule has 0 aliphatic carbocycles. The van der Waals surface area contributed by atoms with Gasteiger partial charge in [-0.1, -0.05) is 72.8 Å². The Morgan fingerprint density at radius 2 is 1.56 bits per heavy atom. The fourth-order valence-electron chi connectivity index (χ4n) is 3.91. The van der Waals surface area contributed by atoms with Crippen LogP contribution < -0.4 is 26.4 Å². The van der Waals surface area contributed by atoms with E-state index in [4.69, 9.17) is 11.1 Å². The smallest absolute Gasteiger partial charge is 0.239 e. The molecule has 0 spiro atoms. The van der Waals surface area contributed by atoms with Crippen LogP contribution in [0.15, 0.2) is 78.9 Å². The first-order chi connectivity index (χ1) is 18.7. The first-order valence-corrected chi connectivity index (χ1v) is 14.1. The predicted octanol–water partition coefficient (Wildman–Crippen LogP) is 1.87. The van der Waals surface area contributed by atoms with Crippen LogP contribution in [0.1, 0.15) is 28.7 Å². The SMILES string of the molecule is CNc1ccccc1CS(=O)(=O)N[C@H](CCc1ccccc1)C(=O)NCC(=O)NCc1ccc(C(=N)N)cc1. The maximum atomic E-state index is 13.0. The minimum Gasteiger partial charge on any atom is -0.388 e. The van der Waals surface area contributed by atoms with E-state index in [0.717, 1.165) is 11.1 Å². The highest BCUT2D eigenvalue weighted by molar-refractivity contribution is 7.88. The summed E-state index contributed by atoms with van der Waals surface area (Å²) >= 11 is 0. The lowest BCUT2D eigenvalue weighted by Crippen LogP contribution is -2.49. The van der Waals surface area contributed by atoms with Gasteiger partial charge in [0.15, 0.2) is 0 Å². The van der Waals surface area contributed by atoms with Gasteiger partial charge in [0, 0.05) is 24.8 Å². The van der Waals surface area contributed by atoms with E-state index < -0.39 is 27.9 Å². The van der Waals surface area contributed by atoms with Crippen molar-refractivity contribution in [1.82, 2.24) is 15.4 Å². The number of hydrogen-bond donors (Lipinski definition) is 6. The number of amides is 2. The number of rotatable bonds is 14. The van der Waals surface area contributed by atoms with Crippen molar-refractivity contribution in [1.29, 1.82) is 5.41 Å². The van der Waals surface area contributed by atoms with Crippen LogP contribution >= 0.6 is 0 Å². The van der Waals surface area contributed by atoms with Crippen molar-refractivity contribution in [3.05, 3.63) is 101 Å². The maximum absolute atomic E-state index is 13.0. The van der Waals surface area contributed by atoms with Crippen LogP contribution in [0.5, 0.6) is 0 Å².